The number of aromatic nitrogens is 2. The first-order chi connectivity index (χ1) is 13.2. The standard InChI is InChI=1S/C23H20ClN3/c1-15-6-8-17(9-7-15)22-14-20(16-10-12-18(24)13-11-16)26-23-25-19-4-2-3-5-21(19)27(22)23/h2-13,20,22H,14H2,1H3,(H,25,26). The number of benzene rings is 3. The van der Waals surface area contributed by atoms with Gasteiger partial charge in [0, 0.05) is 5.02 Å². The molecule has 3 aromatic carbocycles. The van der Waals surface area contributed by atoms with Crippen LogP contribution < -0.4 is 5.32 Å². The molecule has 2 atom stereocenters. The third-order valence-corrected chi connectivity index (χ3v) is 5.66. The fraction of sp³-hybridized carbons (Fsp3) is 0.174. The quantitative estimate of drug-likeness (QED) is 0.457. The number of hydrogen-bond donors (Lipinski definition) is 1. The second-order valence-corrected chi connectivity index (χ2v) is 7.64. The van der Waals surface area contributed by atoms with E-state index in [1.165, 1.54) is 22.2 Å². The summed E-state index contributed by atoms with van der Waals surface area (Å²) in [5.74, 6) is 0.924. The summed E-state index contributed by atoms with van der Waals surface area (Å²) in [6.45, 7) is 2.13. The highest BCUT2D eigenvalue weighted by Gasteiger charge is 2.30. The van der Waals surface area contributed by atoms with Crippen molar-refractivity contribution in [1.29, 1.82) is 0 Å². The highest BCUT2D eigenvalue weighted by molar-refractivity contribution is 6.30. The molecule has 0 fully saturated rings. The summed E-state index contributed by atoms with van der Waals surface area (Å²) in [4.78, 5) is 4.87. The second kappa shape index (κ2) is 6.43. The summed E-state index contributed by atoms with van der Waals surface area (Å²) in [5, 5.41) is 4.40. The Labute approximate surface area is 163 Å². The molecule has 0 radical (unpaired) electrons. The van der Waals surface area contributed by atoms with Crippen LogP contribution in [0.3, 0.4) is 0 Å². The number of hydrogen-bond acceptors (Lipinski definition) is 2. The zero-order valence-corrected chi connectivity index (χ0v) is 15.8. The van der Waals surface area contributed by atoms with Gasteiger partial charge in [0.15, 0.2) is 0 Å². The van der Waals surface area contributed by atoms with Gasteiger partial charge in [-0.15, -0.1) is 0 Å². The summed E-state index contributed by atoms with van der Waals surface area (Å²) in [6.07, 6.45) is 0.956. The number of rotatable bonds is 2. The molecule has 0 saturated carbocycles. The number of para-hydroxylation sites is 2. The number of halogens is 1. The van der Waals surface area contributed by atoms with E-state index in [0.29, 0.717) is 0 Å². The molecular formula is C23H20ClN3. The zero-order valence-electron chi connectivity index (χ0n) is 15.1. The predicted molar refractivity (Wildman–Crippen MR) is 111 cm³/mol. The van der Waals surface area contributed by atoms with Crippen molar-refractivity contribution in [3.63, 3.8) is 0 Å². The number of anilines is 1. The lowest BCUT2D eigenvalue weighted by atomic mass is 9.92. The number of aryl methyl sites for hydroxylation is 1. The Hall–Kier alpha value is -2.78. The minimum atomic E-state index is 0.192. The fourth-order valence-corrected chi connectivity index (χ4v) is 4.12. The minimum Gasteiger partial charge on any atom is -0.349 e. The maximum atomic E-state index is 6.09. The van der Waals surface area contributed by atoms with Crippen LogP contribution in [0.1, 0.15) is 35.2 Å². The van der Waals surface area contributed by atoms with Gasteiger partial charge in [0.05, 0.1) is 23.1 Å². The molecule has 4 aromatic rings. The minimum absolute atomic E-state index is 0.192. The van der Waals surface area contributed by atoms with Crippen molar-refractivity contribution in [3.05, 3.63) is 94.5 Å². The molecule has 134 valence electrons. The predicted octanol–water partition coefficient (Wildman–Crippen LogP) is 6.14. The van der Waals surface area contributed by atoms with Crippen molar-refractivity contribution in [3.8, 4) is 0 Å². The lowest BCUT2D eigenvalue weighted by molar-refractivity contribution is 0.477. The molecule has 1 N–H and O–H groups in total. The summed E-state index contributed by atoms with van der Waals surface area (Å²) in [7, 11) is 0. The van der Waals surface area contributed by atoms with Gasteiger partial charge in [-0.05, 0) is 48.7 Å². The van der Waals surface area contributed by atoms with Gasteiger partial charge in [-0.1, -0.05) is 65.7 Å². The normalized spacial score (nSPS) is 18.9. The molecule has 2 heterocycles. The lowest BCUT2D eigenvalue weighted by Crippen LogP contribution is -2.27. The van der Waals surface area contributed by atoms with E-state index in [9.17, 15) is 0 Å². The molecule has 0 saturated heterocycles. The number of nitrogens with one attached hydrogen (secondary N) is 1. The molecule has 1 aliphatic heterocycles. The average Bonchev–Trinajstić information content (AvgIpc) is 3.07. The van der Waals surface area contributed by atoms with Crippen LogP contribution in [-0.2, 0) is 0 Å². The van der Waals surface area contributed by atoms with E-state index in [-0.39, 0.29) is 12.1 Å². The topological polar surface area (TPSA) is 29.9 Å². The third kappa shape index (κ3) is 2.88. The van der Waals surface area contributed by atoms with E-state index in [2.05, 4.69) is 71.4 Å². The molecular weight excluding hydrogens is 354 g/mol. The summed E-state index contributed by atoms with van der Waals surface area (Å²) in [5.41, 5.74) is 6.01. The van der Waals surface area contributed by atoms with Gasteiger partial charge in [-0.3, -0.25) is 0 Å². The number of fused-ring (bicyclic) bond motifs is 3. The van der Waals surface area contributed by atoms with Crippen molar-refractivity contribution in [2.24, 2.45) is 0 Å². The van der Waals surface area contributed by atoms with Gasteiger partial charge in [0.2, 0.25) is 5.95 Å². The molecule has 5 rings (SSSR count). The average molecular weight is 374 g/mol. The van der Waals surface area contributed by atoms with Crippen molar-refractivity contribution in [2.75, 3.05) is 5.32 Å². The molecule has 1 aliphatic rings. The van der Waals surface area contributed by atoms with Crippen LogP contribution in [0, 0.1) is 6.92 Å². The van der Waals surface area contributed by atoms with Crippen LogP contribution in [0.25, 0.3) is 11.0 Å². The van der Waals surface area contributed by atoms with Crippen molar-refractivity contribution < 1.29 is 0 Å². The largest absolute Gasteiger partial charge is 0.349 e. The SMILES string of the molecule is Cc1ccc(C2CC(c3ccc(Cl)cc3)Nc3nc4ccccc4n32)cc1. The first-order valence-corrected chi connectivity index (χ1v) is 9.62. The number of nitrogens with zero attached hydrogens (tertiary/aromatic N) is 2. The van der Waals surface area contributed by atoms with E-state index in [4.69, 9.17) is 16.6 Å². The van der Waals surface area contributed by atoms with Gasteiger partial charge in [0.25, 0.3) is 0 Å². The van der Waals surface area contributed by atoms with Crippen LogP contribution in [0.15, 0.2) is 72.8 Å². The third-order valence-electron chi connectivity index (χ3n) is 5.40. The monoisotopic (exact) mass is 373 g/mol. The summed E-state index contributed by atoms with van der Waals surface area (Å²) >= 11 is 6.09. The molecule has 0 amide bonds. The highest BCUT2D eigenvalue weighted by Crippen LogP contribution is 2.41. The van der Waals surface area contributed by atoms with E-state index >= 15 is 0 Å². The molecule has 0 bridgehead atoms. The van der Waals surface area contributed by atoms with Gasteiger partial charge >= 0.3 is 0 Å². The van der Waals surface area contributed by atoms with E-state index < -0.39 is 0 Å². The smallest absolute Gasteiger partial charge is 0.204 e. The Morgan fingerprint density at radius 3 is 2.41 bits per heavy atom. The Kier molecular flexibility index (Phi) is 3.91. The molecule has 1 aromatic heterocycles. The Bertz CT molecular complexity index is 1100. The first-order valence-electron chi connectivity index (χ1n) is 9.24. The van der Waals surface area contributed by atoms with Crippen LogP contribution in [-0.4, -0.2) is 9.55 Å². The van der Waals surface area contributed by atoms with E-state index in [0.717, 1.165) is 22.9 Å². The molecule has 0 spiro atoms. The van der Waals surface area contributed by atoms with E-state index in [1.807, 2.05) is 18.2 Å². The van der Waals surface area contributed by atoms with Gasteiger partial charge in [0.1, 0.15) is 0 Å². The van der Waals surface area contributed by atoms with Crippen molar-refractivity contribution in [1.82, 2.24) is 9.55 Å². The Morgan fingerprint density at radius 2 is 1.63 bits per heavy atom. The van der Waals surface area contributed by atoms with Crippen molar-refractivity contribution in [2.45, 2.75) is 25.4 Å². The molecule has 2 unspecified atom stereocenters. The van der Waals surface area contributed by atoms with Crippen LogP contribution in [0.4, 0.5) is 5.95 Å². The molecule has 3 nitrogen and oxygen atoms in total. The fourth-order valence-electron chi connectivity index (χ4n) is 3.99. The molecule has 0 aliphatic carbocycles. The summed E-state index contributed by atoms with van der Waals surface area (Å²) in [6, 6.07) is 25.7. The Balaban J connectivity index is 1.65. The maximum absolute atomic E-state index is 6.09. The van der Waals surface area contributed by atoms with Crippen LogP contribution >= 0.6 is 11.6 Å². The zero-order chi connectivity index (χ0) is 18.4. The molecule has 4 heteroatoms. The van der Waals surface area contributed by atoms with E-state index in [1.54, 1.807) is 0 Å². The first kappa shape index (κ1) is 16.4. The van der Waals surface area contributed by atoms with Gasteiger partial charge in [-0.2, -0.15) is 0 Å². The molecule has 27 heavy (non-hydrogen) atoms. The highest BCUT2D eigenvalue weighted by atomic mass is 35.5. The Morgan fingerprint density at radius 1 is 0.926 bits per heavy atom. The maximum Gasteiger partial charge on any atom is 0.204 e. The van der Waals surface area contributed by atoms with Crippen molar-refractivity contribution >= 4 is 28.6 Å². The number of imidazole rings is 1. The van der Waals surface area contributed by atoms with Gasteiger partial charge < -0.3 is 9.88 Å². The summed E-state index contributed by atoms with van der Waals surface area (Å²) < 4.78 is 2.34. The van der Waals surface area contributed by atoms with Crippen LogP contribution in [0.5, 0.6) is 0 Å². The lowest BCUT2D eigenvalue weighted by Gasteiger charge is -2.33. The second-order valence-electron chi connectivity index (χ2n) is 7.20. The van der Waals surface area contributed by atoms with Gasteiger partial charge in [-0.25, -0.2) is 4.98 Å². The van der Waals surface area contributed by atoms with Crippen LogP contribution in [0.2, 0.25) is 5.02 Å².